The number of rotatable bonds is 6. The SMILES string of the molecule is Clc1ccc2c(NCCCN3CCN(c4ncccn4)CC3)ccnc2c1. The lowest BCUT2D eigenvalue weighted by molar-refractivity contribution is 0.256. The highest BCUT2D eigenvalue weighted by atomic mass is 35.5. The topological polar surface area (TPSA) is 57.2 Å². The minimum Gasteiger partial charge on any atom is -0.384 e. The first-order valence-electron chi connectivity index (χ1n) is 9.32. The first-order valence-corrected chi connectivity index (χ1v) is 9.70. The molecule has 1 fully saturated rings. The Morgan fingerprint density at radius 2 is 1.78 bits per heavy atom. The van der Waals surface area contributed by atoms with Gasteiger partial charge in [0.15, 0.2) is 0 Å². The first-order chi connectivity index (χ1) is 13.3. The molecular formula is C20H23ClN6. The number of pyridine rings is 1. The molecule has 4 rings (SSSR count). The van der Waals surface area contributed by atoms with Gasteiger partial charge >= 0.3 is 0 Å². The summed E-state index contributed by atoms with van der Waals surface area (Å²) in [7, 11) is 0. The number of piperazine rings is 1. The van der Waals surface area contributed by atoms with E-state index >= 15 is 0 Å². The largest absolute Gasteiger partial charge is 0.384 e. The summed E-state index contributed by atoms with van der Waals surface area (Å²) in [5.41, 5.74) is 2.04. The maximum Gasteiger partial charge on any atom is 0.225 e. The molecule has 0 bridgehead atoms. The first kappa shape index (κ1) is 17.9. The molecule has 1 N–H and O–H groups in total. The van der Waals surface area contributed by atoms with Crippen LogP contribution >= 0.6 is 11.6 Å². The van der Waals surface area contributed by atoms with Crippen molar-refractivity contribution in [1.82, 2.24) is 19.9 Å². The molecule has 3 heterocycles. The van der Waals surface area contributed by atoms with E-state index in [9.17, 15) is 0 Å². The molecule has 0 amide bonds. The van der Waals surface area contributed by atoms with Crippen molar-refractivity contribution in [3.63, 3.8) is 0 Å². The van der Waals surface area contributed by atoms with Crippen LogP contribution < -0.4 is 10.2 Å². The maximum absolute atomic E-state index is 6.06. The minimum atomic E-state index is 0.715. The lowest BCUT2D eigenvalue weighted by atomic mass is 10.2. The Hall–Kier alpha value is -2.44. The summed E-state index contributed by atoms with van der Waals surface area (Å²) in [5, 5.41) is 5.37. The van der Waals surface area contributed by atoms with Gasteiger partial charge < -0.3 is 10.2 Å². The highest BCUT2D eigenvalue weighted by molar-refractivity contribution is 6.31. The average Bonchev–Trinajstić information content (AvgIpc) is 2.72. The zero-order valence-electron chi connectivity index (χ0n) is 15.2. The molecule has 1 saturated heterocycles. The maximum atomic E-state index is 6.06. The number of fused-ring (bicyclic) bond motifs is 1. The van der Waals surface area contributed by atoms with Gasteiger partial charge in [0.1, 0.15) is 0 Å². The molecule has 0 aliphatic carbocycles. The lowest BCUT2D eigenvalue weighted by Gasteiger charge is -2.34. The Morgan fingerprint density at radius 3 is 2.59 bits per heavy atom. The fourth-order valence-corrected chi connectivity index (χ4v) is 3.59. The second-order valence-corrected chi connectivity index (χ2v) is 7.11. The Bertz CT molecular complexity index is 880. The summed E-state index contributed by atoms with van der Waals surface area (Å²) < 4.78 is 0. The highest BCUT2D eigenvalue weighted by Gasteiger charge is 2.18. The summed E-state index contributed by atoms with van der Waals surface area (Å²) in [6, 6.07) is 9.71. The molecule has 1 aromatic carbocycles. The molecule has 7 heteroatoms. The molecule has 3 aromatic rings. The Labute approximate surface area is 164 Å². The third-order valence-electron chi connectivity index (χ3n) is 4.88. The lowest BCUT2D eigenvalue weighted by Crippen LogP contribution is -2.47. The molecule has 6 nitrogen and oxygen atoms in total. The molecular weight excluding hydrogens is 360 g/mol. The van der Waals surface area contributed by atoms with Crippen molar-refractivity contribution in [3.05, 3.63) is 53.9 Å². The van der Waals surface area contributed by atoms with Crippen LogP contribution in [0.4, 0.5) is 11.6 Å². The fraction of sp³-hybridized carbons (Fsp3) is 0.350. The number of hydrogen-bond donors (Lipinski definition) is 1. The van der Waals surface area contributed by atoms with Gasteiger partial charge in [0.25, 0.3) is 0 Å². The van der Waals surface area contributed by atoms with Crippen LogP contribution in [-0.2, 0) is 0 Å². The van der Waals surface area contributed by atoms with Crippen molar-refractivity contribution in [3.8, 4) is 0 Å². The minimum absolute atomic E-state index is 0.715. The van der Waals surface area contributed by atoms with E-state index < -0.39 is 0 Å². The normalized spacial score (nSPS) is 15.2. The van der Waals surface area contributed by atoms with E-state index in [0.29, 0.717) is 5.02 Å². The van der Waals surface area contributed by atoms with Crippen LogP contribution in [-0.4, -0.2) is 59.1 Å². The monoisotopic (exact) mass is 382 g/mol. The van der Waals surface area contributed by atoms with E-state index in [1.807, 2.05) is 36.5 Å². The van der Waals surface area contributed by atoms with Crippen LogP contribution in [0.3, 0.4) is 0 Å². The van der Waals surface area contributed by atoms with E-state index in [-0.39, 0.29) is 0 Å². The zero-order valence-corrected chi connectivity index (χ0v) is 15.9. The number of halogens is 1. The van der Waals surface area contributed by atoms with Gasteiger partial charge in [0, 0.05) is 67.4 Å². The molecule has 0 atom stereocenters. The van der Waals surface area contributed by atoms with Crippen molar-refractivity contribution >= 4 is 34.1 Å². The van der Waals surface area contributed by atoms with Crippen LogP contribution in [0.5, 0.6) is 0 Å². The summed E-state index contributed by atoms with van der Waals surface area (Å²) in [6.45, 7) is 6.08. The quantitative estimate of drug-likeness (QED) is 0.660. The summed E-state index contributed by atoms with van der Waals surface area (Å²) >= 11 is 6.06. The van der Waals surface area contributed by atoms with Crippen molar-refractivity contribution < 1.29 is 0 Å². The molecule has 0 radical (unpaired) electrons. The Morgan fingerprint density at radius 1 is 0.963 bits per heavy atom. The van der Waals surface area contributed by atoms with Gasteiger partial charge in [0.05, 0.1) is 5.52 Å². The van der Waals surface area contributed by atoms with Crippen molar-refractivity contribution in [2.45, 2.75) is 6.42 Å². The predicted molar refractivity (Wildman–Crippen MR) is 111 cm³/mol. The Kier molecular flexibility index (Phi) is 5.65. The molecule has 0 saturated carbocycles. The number of nitrogens with zero attached hydrogens (tertiary/aromatic N) is 5. The van der Waals surface area contributed by atoms with E-state index in [2.05, 4.69) is 30.1 Å². The van der Waals surface area contributed by atoms with Crippen molar-refractivity contribution in [2.24, 2.45) is 0 Å². The third-order valence-corrected chi connectivity index (χ3v) is 5.11. The van der Waals surface area contributed by atoms with Crippen LogP contribution in [0, 0.1) is 0 Å². The fourth-order valence-electron chi connectivity index (χ4n) is 3.43. The van der Waals surface area contributed by atoms with Crippen LogP contribution in [0.25, 0.3) is 10.9 Å². The van der Waals surface area contributed by atoms with Crippen molar-refractivity contribution in [1.29, 1.82) is 0 Å². The van der Waals surface area contributed by atoms with Gasteiger partial charge in [-0.1, -0.05) is 11.6 Å². The summed E-state index contributed by atoms with van der Waals surface area (Å²) in [6.07, 6.45) is 6.53. The molecule has 0 spiro atoms. The van der Waals surface area contributed by atoms with Gasteiger partial charge in [-0.25, -0.2) is 9.97 Å². The Balaban J connectivity index is 1.23. The molecule has 140 valence electrons. The van der Waals surface area contributed by atoms with E-state index in [1.54, 1.807) is 12.4 Å². The van der Waals surface area contributed by atoms with Gasteiger partial charge in [-0.05, 0) is 43.3 Å². The second kappa shape index (κ2) is 8.50. The van der Waals surface area contributed by atoms with E-state index in [0.717, 1.165) is 68.2 Å². The summed E-state index contributed by atoms with van der Waals surface area (Å²) in [4.78, 5) is 17.8. The summed E-state index contributed by atoms with van der Waals surface area (Å²) in [5.74, 6) is 0.837. The number of benzene rings is 1. The van der Waals surface area contributed by atoms with Gasteiger partial charge in [0.2, 0.25) is 5.95 Å². The van der Waals surface area contributed by atoms with Crippen molar-refractivity contribution in [2.75, 3.05) is 49.5 Å². The van der Waals surface area contributed by atoms with Crippen LogP contribution in [0.15, 0.2) is 48.9 Å². The van der Waals surface area contributed by atoms with Gasteiger partial charge in [-0.15, -0.1) is 0 Å². The standard InChI is InChI=1S/C20H23ClN6/c21-16-3-4-17-18(5-9-23-19(17)15-16)22-8-2-10-26-11-13-27(14-12-26)20-24-6-1-7-25-20/h1,3-7,9,15H,2,8,10-14H2,(H,22,23). The molecule has 1 aliphatic heterocycles. The molecule has 0 unspecified atom stereocenters. The predicted octanol–water partition coefficient (Wildman–Crippen LogP) is 3.30. The van der Waals surface area contributed by atoms with E-state index in [1.165, 1.54) is 0 Å². The van der Waals surface area contributed by atoms with Crippen LogP contribution in [0.1, 0.15) is 6.42 Å². The van der Waals surface area contributed by atoms with E-state index in [4.69, 9.17) is 11.6 Å². The number of nitrogens with one attached hydrogen (secondary N) is 1. The molecule has 1 aliphatic rings. The molecule has 2 aromatic heterocycles. The van der Waals surface area contributed by atoms with Gasteiger partial charge in [-0.3, -0.25) is 9.88 Å². The zero-order chi connectivity index (χ0) is 18.5. The molecule has 27 heavy (non-hydrogen) atoms. The highest BCUT2D eigenvalue weighted by Crippen LogP contribution is 2.24. The van der Waals surface area contributed by atoms with Crippen LogP contribution in [0.2, 0.25) is 5.02 Å². The second-order valence-electron chi connectivity index (χ2n) is 6.68. The smallest absolute Gasteiger partial charge is 0.225 e. The number of hydrogen-bond acceptors (Lipinski definition) is 6. The van der Waals surface area contributed by atoms with Gasteiger partial charge in [-0.2, -0.15) is 0 Å². The number of anilines is 2. The third kappa shape index (κ3) is 4.46. The average molecular weight is 383 g/mol. The number of aromatic nitrogens is 3.